The highest BCUT2D eigenvalue weighted by atomic mass is 16.6. The first-order chi connectivity index (χ1) is 13.0. The van der Waals surface area contributed by atoms with Crippen LogP contribution in [0.3, 0.4) is 0 Å². The van der Waals surface area contributed by atoms with Crippen LogP contribution >= 0.6 is 0 Å². The van der Waals surface area contributed by atoms with Gasteiger partial charge in [-0.25, -0.2) is 0 Å². The number of tetrazole rings is 1. The molecule has 0 radical (unpaired) electrons. The third kappa shape index (κ3) is 4.06. The number of carbonyl (C=O) groups is 1. The minimum atomic E-state index is -0.562. The number of amides is 1. The predicted molar refractivity (Wildman–Crippen MR) is 95.8 cm³/mol. The number of benzene rings is 2. The van der Waals surface area contributed by atoms with Gasteiger partial charge >= 0.3 is 5.69 Å². The molecular weight excluding hydrogens is 352 g/mol. The van der Waals surface area contributed by atoms with Crippen molar-refractivity contribution in [1.82, 2.24) is 20.2 Å². The first-order valence-electron chi connectivity index (χ1n) is 7.98. The number of ether oxygens (including phenoxy) is 1. The lowest BCUT2D eigenvalue weighted by Crippen LogP contribution is -2.20. The van der Waals surface area contributed by atoms with Crippen LogP contribution in [0.15, 0.2) is 42.5 Å². The Bertz CT molecular complexity index is 1000. The van der Waals surface area contributed by atoms with Crippen molar-refractivity contribution in [1.29, 1.82) is 0 Å². The molecule has 1 heterocycles. The molecule has 2 aromatic carbocycles. The molecule has 0 spiro atoms. The summed E-state index contributed by atoms with van der Waals surface area (Å²) in [5.41, 5.74) is 1.99. The van der Waals surface area contributed by atoms with Crippen LogP contribution in [0.5, 0.6) is 5.75 Å². The molecule has 0 aliphatic heterocycles. The highest BCUT2D eigenvalue weighted by Crippen LogP contribution is 2.25. The van der Waals surface area contributed by atoms with Crippen LogP contribution < -0.4 is 10.1 Å². The molecule has 1 amide bonds. The van der Waals surface area contributed by atoms with Gasteiger partial charge in [-0.3, -0.25) is 14.9 Å². The van der Waals surface area contributed by atoms with E-state index in [1.165, 1.54) is 18.2 Å². The fourth-order valence-electron chi connectivity index (χ4n) is 2.44. The summed E-state index contributed by atoms with van der Waals surface area (Å²) >= 11 is 0. The number of hydrogen-bond donors (Lipinski definition) is 1. The quantitative estimate of drug-likeness (QED) is 0.522. The highest BCUT2D eigenvalue weighted by molar-refractivity contribution is 5.92. The average molecular weight is 368 g/mol. The van der Waals surface area contributed by atoms with E-state index in [-0.39, 0.29) is 18.0 Å². The van der Waals surface area contributed by atoms with Crippen molar-refractivity contribution in [3.63, 3.8) is 0 Å². The summed E-state index contributed by atoms with van der Waals surface area (Å²) in [6.45, 7) is 3.31. The zero-order valence-corrected chi connectivity index (χ0v) is 14.6. The zero-order chi connectivity index (χ0) is 19.4. The summed E-state index contributed by atoms with van der Waals surface area (Å²) in [5.74, 6) is 0.198. The number of anilines is 1. The minimum Gasteiger partial charge on any atom is -0.477 e. The molecule has 10 heteroatoms. The molecule has 0 aliphatic rings. The van der Waals surface area contributed by atoms with Crippen molar-refractivity contribution in [3.8, 4) is 11.4 Å². The average Bonchev–Trinajstić information content (AvgIpc) is 3.07. The maximum atomic E-state index is 12.2. The maximum absolute atomic E-state index is 12.2. The summed E-state index contributed by atoms with van der Waals surface area (Å²) in [5, 5.41) is 25.1. The van der Waals surface area contributed by atoms with Gasteiger partial charge in [-0.2, -0.15) is 4.68 Å². The Morgan fingerprint density at radius 1 is 1.26 bits per heavy atom. The Labute approximate surface area is 153 Å². The molecule has 27 heavy (non-hydrogen) atoms. The van der Waals surface area contributed by atoms with Gasteiger partial charge in [0, 0.05) is 11.8 Å². The Hall–Kier alpha value is -3.82. The number of aryl methyl sites for hydroxylation is 2. The van der Waals surface area contributed by atoms with Crippen molar-refractivity contribution >= 4 is 17.3 Å². The molecule has 3 rings (SSSR count). The predicted octanol–water partition coefficient (Wildman–Crippen LogP) is 2.20. The second-order valence-corrected chi connectivity index (χ2v) is 5.70. The van der Waals surface area contributed by atoms with Crippen LogP contribution in [0.2, 0.25) is 0 Å². The Balaban J connectivity index is 1.70. The van der Waals surface area contributed by atoms with Gasteiger partial charge in [0.2, 0.25) is 0 Å². The molecule has 3 aromatic rings. The molecule has 0 fully saturated rings. The Kier molecular flexibility index (Phi) is 5.06. The van der Waals surface area contributed by atoms with Crippen LogP contribution in [0.4, 0.5) is 11.4 Å². The first-order valence-corrected chi connectivity index (χ1v) is 7.98. The molecule has 0 bridgehead atoms. The molecular formula is C17H16N6O4. The number of rotatable bonds is 6. The smallest absolute Gasteiger partial charge is 0.310 e. The van der Waals surface area contributed by atoms with Crippen LogP contribution in [-0.2, 0) is 4.79 Å². The number of para-hydroxylation sites is 2. The van der Waals surface area contributed by atoms with E-state index < -0.39 is 10.8 Å². The van der Waals surface area contributed by atoms with E-state index in [1.807, 2.05) is 13.0 Å². The number of hydrogen-bond acceptors (Lipinski definition) is 7. The lowest BCUT2D eigenvalue weighted by Gasteiger charge is -2.11. The van der Waals surface area contributed by atoms with E-state index in [0.717, 1.165) is 11.3 Å². The Morgan fingerprint density at radius 3 is 2.74 bits per heavy atom. The fourth-order valence-corrected chi connectivity index (χ4v) is 2.44. The topological polar surface area (TPSA) is 125 Å². The number of nitrogens with zero attached hydrogens (tertiary/aromatic N) is 5. The van der Waals surface area contributed by atoms with E-state index in [4.69, 9.17) is 4.74 Å². The SMILES string of the molecule is Cc1ccc(NC(=O)COc2ccccc2[N+](=O)[O-])cc1-n1nnnc1C. The van der Waals surface area contributed by atoms with Crippen LogP contribution in [0.1, 0.15) is 11.4 Å². The number of nitrogens with one attached hydrogen (secondary N) is 1. The standard InChI is InChI=1S/C17H16N6O4/c1-11-7-8-13(9-15(11)22-12(2)19-20-21-22)18-17(24)10-27-16-6-4-3-5-14(16)23(25)26/h3-9H,10H2,1-2H3,(H,18,24). The van der Waals surface area contributed by atoms with Gasteiger partial charge in [0.1, 0.15) is 0 Å². The molecule has 0 unspecified atom stereocenters. The van der Waals surface area contributed by atoms with E-state index in [1.54, 1.807) is 29.8 Å². The van der Waals surface area contributed by atoms with Gasteiger partial charge in [-0.1, -0.05) is 18.2 Å². The van der Waals surface area contributed by atoms with Crippen molar-refractivity contribution in [2.75, 3.05) is 11.9 Å². The van der Waals surface area contributed by atoms with Gasteiger partial charge in [0.05, 0.1) is 10.6 Å². The molecule has 0 aliphatic carbocycles. The van der Waals surface area contributed by atoms with Crippen molar-refractivity contribution in [2.45, 2.75) is 13.8 Å². The summed E-state index contributed by atoms with van der Waals surface area (Å²) in [7, 11) is 0. The van der Waals surface area contributed by atoms with E-state index in [9.17, 15) is 14.9 Å². The normalized spacial score (nSPS) is 10.4. The fraction of sp³-hybridized carbons (Fsp3) is 0.176. The summed E-state index contributed by atoms with van der Waals surface area (Å²) < 4.78 is 6.85. The molecule has 1 aromatic heterocycles. The largest absolute Gasteiger partial charge is 0.477 e. The molecule has 0 atom stereocenters. The van der Waals surface area contributed by atoms with E-state index >= 15 is 0 Å². The minimum absolute atomic E-state index is 0.0339. The van der Waals surface area contributed by atoms with Crippen molar-refractivity contribution in [2.24, 2.45) is 0 Å². The van der Waals surface area contributed by atoms with Gasteiger partial charge in [-0.05, 0) is 48.0 Å². The van der Waals surface area contributed by atoms with Gasteiger partial charge in [0.25, 0.3) is 5.91 Å². The molecule has 0 saturated carbocycles. The van der Waals surface area contributed by atoms with E-state index in [2.05, 4.69) is 20.8 Å². The number of aromatic nitrogens is 4. The number of nitro benzene ring substituents is 1. The number of nitro groups is 1. The van der Waals surface area contributed by atoms with E-state index in [0.29, 0.717) is 11.5 Å². The molecule has 0 saturated heterocycles. The summed E-state index contributed by atoms with van der Waals surface area (Å²) in [4.78, 5) is 22.6. The van der Waals surface area contributed by atoms with Gasteiger partial charge < -0.3 is 10.1 Å². The summed E-state index contributed by atoms with van der Waals surface area (Å²) in [6, 6.07) is 11.2. The second kappa shape index (κ2) is 7.60. The summed E-state index contributed by atoms with van der Waals surface area (Å²) in [6.07, 6.45) is 0. The van der Waals surface area contributed by atoms with Crippen molar-refractivity contribution < 1.29 is 14.5 Å². The second-order valence-electron chi connectivity index (χ2n) is 5.70. The van der Waals surface area contributed by atoms with Gasteiger partial charge in [-0.15, -0.1) is 5.10 Å². The van der Waals surface area contributed by atoms with Crippen molar-refractivity contribution in [3.05, 3.63) is 64.0 Å². The molecule has 1 N–H and O–H groups in total. The number of carbonyl (C=O) groups excluding carboxylic acids is 1. The third-order valence-corrected chi connectivity index (χ3v) is 3.77. The maximum Gasteiger partial charge on any atom is 0.310 e. The lowest BCUT2D eigenvalue weighted by molar-refractivity contribution is -0.385. The third-order valence-electron chi connectivity index (χ3n) is 3.77. The van der Waals surface area contributed by atoms with Crippen LogP contribution in [-0.4, -0.2) is 37.6 Å². The van der Waals surface area contributed by atoms with Crippen LogP contribution in [0, 0.1) is 24.0 Å². The molecule has 10 nitrogen and oxygen atoms in total. The monoisotopic (exact) mass is 368 g/mol. The highest BCUT2D eigenvalue weighted by Gasteiger charge is 2.15. The zero-order valence-electron chi connectivity index (χ0n) is 14.6. The van der Waals surface area contributed by atoms with Crippen LogP contribution in [0.25, 0.3) is 5.69 Å². The first kappa shape index (κ1) is 18.0. The van der Waals surface area contributed by atoms with Gasteiger partial charge in [0.15, 0.2) is 18.2 Å². The Morgan fingerprint density at radius 2 is 2.04 bits per heavy atom. The lowest BCUT2D eigenvalue weighted by atomic mass is 10.2. The molecule has 138 valence electrons.